The van der Waals surface area contributed by atoms with Crippen molar-refractivity contribution in [3.63, 3.8) is 0 Å². The van der Waals surface area contributed by atoms with E-state index in [0.717, 1.165) is 12.5 Å². The third kappa shape index (κ3) is 8.31. The van der Waals surface area contributed by atoms with E-state index in [4.69, 9.17) is 17.8 Å². The van der Waals surface area contributed by atoms with Crippen LogP contribution in [0.2, 0.25) is 0 Å². The van der Waals surface area contributed by atoms with Gasteiger partial charge in [-0.05, 0) is 24.3 Å². The van der Waals surface area contributed by atoms with E-state index in [1.54, 1.807) is 48.5 Å². The Hall–Kier alpha value is -2.88. The number of nitrogens with one attached hydrogen (secondary N) is 2. The summed E-state index contributed by atoms with van der Waals surface area (Å²) in [5.41, 5.74) is 0.534. The summed E-state index contributed by atoms with van der Waals surface area (Å²) in [5.74, 6) is -1.16. The van der Waals surface area contributed by atoms with Gasteiger partial charge in [0.25, 0.3) is 32.1 Å². The molecule has 5 atom stereocenters. The minimum atomic E-state index is -4.16. The Labute approximate surface area is 215 Å². The Morgan fingerprint density at radius 2 is 1.30 bits per heavy atom. The summed E-state index contributed by atoms with van der Waals surface area (Å²) >= 11 is 0. The molecule has 0 aliphatic carbocycles. The predicted molar refractivity (Wildman–Crippen MR) is 132 cm³/mol. The van der Waals surface area contributed by atoms with Gasteiger partial charge < -0.3 is 20.1 Å². The fourth-order valence-corrected chi connectivity index (χ4v) is 4.80. The smallest absolute Gasteiger partial charge is 0.264 e. The van der Waals surface area contributed by atoms with Crippen LogP contribution in [0.4, 0.5) is 0 Å². The first kappa shape index (κ1) is 28.7. The third-order valence-electron chi connectivity index (χ3n) is 5.34. The lowest BCUT2D eigenvalue weighted by atomic mass is 9.93. The van der Waals surface area contributed by atoms with Gasteiger partial charge in [0.05, 0.1) is 25.2 Å². The molecule has 0 radical (unpaired) electrons. The largest absolute Gasteiger partial charge is 0.354 e. The molecule has 2 aromatic carbocycles. The minimum Gasteiger partial charge on any atom is -0.354 e. The first-order valence-corrected chi connectivity index (χ1v) is 14.6. The van der Waals surface area contributed by atoms with E-state index < -0.39 is 69.2 Å². The van der Waals surface area contributed by atoms with E-state index in [1.165, 1.54) is 19.2 Å². The van der Waals surface area contributed by atoms with Gasteiger partial charge in [-0.25, -0.2) is 0 Å². The summed E-state index contributed by atoms with van der Waals surface area (Å²) in [4.78, 5) is 26.1. The Morgan fingerprint density at radius 1 is 0.811 bits per heavy atom. The average Bonchev–Trinajstić information content (AvgIpc) is 2.84. The fraction of sp³-hybridized carbons (Fsp3) is 0.391. The average molecular weight is 557 g/mol. The second-order valence-electron chi connectivity index (χ2n) is 8.26. The van der Waals surface area contributed by atoms with E-state index in [1.807, 2.05) is 0 Å². The minimum absolute atomic E-state index is 0.248. The quantitative estimate of drug-likeness (QED) is 0.389. The van der Waals surface area contributed by atoms with Gasteiger partial charge in [-0.1, -0.05) is 36.4 Å². The van der Waals surface area contributed by atoms with Crippen molar-refractivity contribution in [1.82, 2.24) is 10.6 Å². The number of methoxy groups -OCH3 is 1. The highest BCUT2D eigenvalue weighted by Crippen LogP contribution is 2.27. The van der Waals surface area contributed by atoms with Gasteiger partial charge in [0.15, 0.2) is 6.29 Å². The van der Waals surface area contributed by atoms with E-state index in [2.05, 4.69) is 10.6 Å². The maximum atomic E-state index is 13.1. The fourth-order valence-electron chi connectivity index (χ4n) is 3.77. The van der Waals surface area contributed by atoms with Gasteiger partial charge in [0.1, 0.15) is 18.2 Å². The molecule has 3 rings (SSSR count). The topological polar surface area (TPSA) is 163 Å². The van der Waals surface area contributed by atoms with Crippen molar-refractivity contribution in [3.05, 3.63) is 71.8 Å². The molecular formula is C23H28N2O10S2. The van der Waals surface area contributed by atoms with E-state index in [9.17, 15) is 26.4 Å². The summed E-state index contributed by atoms with van der Waals surface area (Å²) in [6.45, 7) is -0.643. The molecule has 1 aliphatic heterocycles. The molecule has 12 nitrogen and oxygen atoms in total. The molecular weight excluding hydrogens is 528 g/mol. The molecule has 0 unspecified atom stereocenters. The number of rotatable bonds is 10. The molecule has 0 saturated carbocycles. The number of benzene rings is 2. The van der Waals surface area contributed by atoms with Crippen molar-refractivity contribution >= 4 is 32.1 Å². The Morgan fingerprint density at radius 3 is 1.73 bits per heavy atom. The molecule has 1 saturated heterocycles. The summed E-state index contributed by atoms with van der Waals surface area (Å²) in [6.07, 6.45) is -2.48. The van der Waals surface area contributed by atoms with Crippen molar-refractivity contribution < 1.29 is 44.3 Å². The van der Waals surface area contributed by atoms with Crippen LogP contribution in [0, 0.1) is 0 Å². The van der Waals surface area contributed by atoms with Crippen molar-refractivity contribution in [2.75, 3.05) is 26.2 Å². The van der Waals surface area contributed by atoms with Gasteiger partial charge in [-0.15, -0.1) is 0 Å². The second-order valence-corrected chi connectivity index (χ2v) is 11.5. The van der Waals surface area contributed by atoms with E-state index >= 15 is 0 Å². The third-order valence-corrected chi connectivity index (χ3v) is 6.48. The monoisotopic (exact) mass is 556 g/mol. The lowest BCUT2D eigenvalue weighted by molar-refractivity contribution is -0.231. The normalized spacial score (nSPS) is 24.2. The molecule has 1 heterocycles. The predicted octanol–water partition coefficient (Wildman–Crippen LogP) is 0.276. The van der Waals surface area contributed by atoms with Gasteiger partial charge in [0.2, 0.25) is 0 Å². The standard InChI is InChI=1S/C23H28N2O10S2/c1-32-23-19(25-22(27)16-12-8-5-9-13-16)18(24-21(26)15-10-6-4-7-11-15)20(35-37(3,30)31)17(34-23)14-33-36(2,28)29/h4-13,17-20,23H,14H2,1-3H3,(H,24,26)(H,25,27)/t17-,18-,19-,20-,23-/m1/s1. The lowest BCUT2D eigenvalue weighted by Gasteiger charge is -2.45. The highest BCUT2D eigenvalue weighted by atomic mass is 32.2. The van der Waals surface area contributed by atoms with Crippen LogP contribution < -0.4 is 10.6 Å². The first-order valence-electron chi connectivity index (χ1n) is 11.0. The van der Waals surface area contributed by atoms with Crippen molar-refractivity contribution in [3.8, 4) is 0 Å². The van der Waals surface area contributed by atoms with Crippen molar-refractivity contribution in [1.29, 1.82) is 0 Å². The number of hydrogen-bond acceptors (Lipinski definition) is 10. The molecule has 2 N–H and O–H groups in total. The maximum absolute atomic E-state index is 13.1. The number of hydrogen-bond donors (Lipinski definition) is 2. The van der Waals surface area contributed by atoms with Crippen LogP contribution in [0.3, 0.4) is 0 Å². The van der Waals surface area contributed by atoms with Gasteiger partial charge >= 0.3 is 0 Å². The molecule has 14 heteroatoms. The number of carbonyl (C=O) groups is 2. The van der Waals surface area contributed by atoms with Crippen LogP contribution in [0.5, 0.6) is 0 Å². The van der Waals surface area contributed by atoms with Gasteiger partial charge in [0, 0.05) is 18.2 Å². The molecule has 0 bridgehead atoms. The van der Waals surface area contributed by atoms with Crippen LogP contribution >= 0.6 is 0 Å². The molecule has 2 amide bonds. The second kappa shape index (κ2) is 12.1. The van der Waals surface area contributed by atoms with Crippen LogP contribution in [0.1, 0.15) is 20.7 Å². The molecule has 202 valence electrons. The van der Waals surface area contributed by atoms with Crippen LogP contribution in [-0.2, 0) is 38.1 Å². The molecule has 0 aromatic heterocycles. The zero-order chi connectivity index (χ0) is 27.2. The lowest BCUT2D eigenvalue weighted by Crippen LogP contribution is -2.70. The van der Waals surface area contributed by atoms with Crippen molar-refractivity contribution in [2.24, 2.45) is 0 Å². The Bertz CT molecular complexity index is 1290. The van der Waals surface area contributed by atoms with Crippen LogP contribution in [-0.4, -0.2) is 85.5 Å². The zero-order valence-corrected chi connectivity index (χ0v) is 21.9. The number of carbonyl (C=O) groups excluding carboxylic acids is 2. The van der Waals surface area contributed by atoms with Crippen LogP contribution in [0.25, 0.3) is 0 Å². The molecule has 2 aromatic rings. The zero-order valence-electron chi connectivity index (χ0n) is 20.3. The summed E-state index contributed by atoms with van der Waals surface area (Å²) < 4.78 is 68.9. The van der Waals surface area contributed by atoms with Crippen molar-refractivity contribution in [2.45, 2.75) is 30.6 Å². The summed E-state index contributed by atoms with van der Waals surface area (Å²) in [7, 11) is -6.84. The molecule has 37 heavy (non-hydrogen) atoms. The maximum Gasteiger partial charge on any atom is 0.264 e. The molecule has 1 aliphatic rings. The van der Waals surface area contributed by atoms with E-state index in [0.29, 0.717) is 0 Å². The number of ether oxygens (including phenoxy) is 2. The highest BCUT2D eigenvalue weighted by Gasteiger charge is 2.50. The first-order chi connectivity index (χ1) is 17.4. The number of amides is 2. The Balaban J connectivity index is 2.03. The van der Waals surface area contributed by atoms with E-state index in [-0.39, 0.29) is 11.1 Å². The SMILES string of the molecule is CO[C@@H]1O[C@H](COS(C)(=O)=O)[C@@H](OS(C)(=O)=O)[C@H](NC(=O)c2ccccc2)[C@H]1NC(=O)c1ccccc1. The highest BCUT2D eigenvalue weighted by molar-refractivity contribution is 7.86. The van der Waals surface area contributed by atoms with Crippen LogP contribution in [0.15, 0.2) is 60.7 Å². The molecule has 0 spiro atoms. The molecule has 1 fully saturated rings. The van der Waals surface area contributed by atoms with Gasteiger partial charge in [-0.2, -0.15) is 16.8 Å². The Kier molecular flexibility index (Phi) is 9.39. The summed E-state index contributed by atoms with van der Waals surface area (Å²) in [6, 6.07) is 13.8. The van der Waals surface area contributed by atoms with Gasteiger partial charge in [-0.3, -0.25) is 18.0 Å². The summed E-state index contributed by atoms with van der Waals surface area (Å²) in [5, 5.41) is 5.41.